The van der Waals surface area contributed by atoms with Crippen LogP contribution in [0.3, 0.4) is 0 Å². The smallest absolute Gasteiger partial charge is 0.147 e. The monoisotopic (exact) mass is 242 g/mol. The second-order valence-electron chi connectivity index (χ2n) is 4.04. The summed E-state index contributed by atoms with van der Waals surface area (Å²) in [4.78, 5) is 4.15. The summed E-state index contributed by atoms with van der Waals surface area (Å²) >= 11 is 0. The summed E-state index contributed by atoms with van der Waals surface area (Å²) in [6.45, 7) is 5.06. The minimum Gasteiger partial charge on any atom is -0.456 e. The van der Waals surface area contributed by atoms with Crippen molar-refractivity contribution in [3.63, 3.8) is 0 Å². The first-order valence-corrected chi connectivity index (χ1v) is 6.27. The highest BCUT2D eigenvalue weighted by Crippen LogP contribution is 2.23. The lowest BCUT2D eigenvalue weighted by molar-refractivity contribution is 0.480. The van der Waals surface area contributed by atoms with Gasteiger partial charge in [0.15, 0.2) is 0 Å². The second-order valence-corrected chi connectivity index (χ2v) is 4.04. The Bertz CT molecular complexity index is 511. The SMILES string of the molecule is CCNc1cncc(Oc2cccc(CC)c2)c1. The topological polar surface area (TPSA) is 34.2 Å². The molecule has 0 fully saturated rings. The van der Waals surface area contributed by atoms with Crippen LogP contribution in [0.5, 0.6) is 11.5 Å². The third kappa shape index (κ3) is 3.23. The molecule has 0 spiro atoms. The van der Waals surface area contributed by atoms with Crippen molar-refractivity contribution in [3.05, 3.63) is 48.3 Å². The number of aromatic nitrogens is 1. The Labute approximate surface area is 108 Å². The van der Waals surface area contributed by atoms with Crippen LogP contribution in [0.25, 0.3) is 0 Å². The van der Waals surface area contributed by atoms with Gasteiger partial charge in [-0.3, -0.25) is 4.98 Å². The van der Waals surface area contributed by atoms with E-state index in [1.54, 1.807) is 12.4 Å². The lowest BCUT2D eigenvalue weighted by Crippen LogP contribution is -1.97. The van der Waals surface area contributed by atoms with E-state index < -0.39 is 0 Å². The first kappa shape index (κ1) is 12.4. The van der Waals surface area contributed by atoms with Gasteiger partial charge in [-0.15, -0.1) is 0 Å². The van der Waals surface area contributed by atoms with Crippen molar-refractivity contribution in [2.75, 3.05) is 11.9 Å². The van der Waals surface area contributed by atoms with Gasteiger partial charge in [0.1, 0.15) is 11.5 Å². The number of hydrogen-bond acceptors (Lipinski definition) is 3. The highest BCUT2D eigenvalue weighted by atomic mass is 16.5. The van der Waals surface area contributed by atoms with Crippen LogP contribution in [-0.4, -0.2) is 11.5 Å². The number of anilines is 1. The average Bonchev–Trinajstić information content (AvgIpc) is 2.40. The normalized spacial score (nSPS) is 10.1. The maximum atomic E-state index is 5.81. The molecule has 1 aromatic heterocycles. The molecule has 0 amide bonds. The zero-order valence-electron chi connectivity index (χ0n) is 10.8. The maximum absolute atomic E-state index is 5.81. The third-order valence-corrected chi connectivity index (χ3v) is 2.64. The van der Waals surface area contributed by atoms with Crippen molar-refractivity contribution in [1.82, 2.24) is 4.98 Å². The quantitative estimate of drug-likeness (QED) is 0.864. The van der Waals surface area contributed by atoms with Gasteiger partial charge in [-0.05, 0) is 31.0 Å². The van der Waals surface area contributed by atoms with Gasteiger partial charge in [0.2, 0.25) is 0 Å². The Morgan fingerprint density at radius 1 is 1.11 bits per heavy atom. The van der Waals surface area contributed by atoms with Crippen molar-refractivity contribution in [2.45, 2.75) is 20.3 Å². The Morgan fingerprint density at radius 3 is 2.78 bits per heavy atom. The van der Waals surface area contributed by atoms with Crippen LogP contribution < -0.4 is 10.1 Å². The summed E-state index contributed by atoms with van der Waals surface area (Å²) in [5.74, 6) is 1.60. The van der Waals surface area contributed by atoms with Crippen LogP contribution in [0.15, 0.2) is 42.7 Å². The van der Waals surface area contributed by atoms with Crippen LogP contribution >= 0.6 is 0 Å². The predicted molar refractivity (Wildman–Crippen MR) is 74.3 cm³/mol. The van der Waals surface area contributed by atoms with Gasteiger partial charge in [0, 0.05) is 12.6 Å². The summed E-state index contributed by atoms with van der Waals surface area (Å²) in [5, 5.41) is 3.21. The van der Waals surface area contributed by atoms with E-state index in [0.29, 0.717) is 0 Å². The van der Waals surface area contributed by atoms with E-state index >= 15 is 0 Å². The predicted octanol–water partition coefficient (Wildman–Crippen LogP) is 3.87. The number of pyridine rings is 1. The zero-order chi connectivity index (χ0) is 12.8. The van der Waals surface area contributed by atoms with Gasteiger partial charge in [-0.25, -0.2) is 0 Å². The van der Waals surface area contributed by atoms with E-state index in [2.05, 4.69) is 36.3 Å². The number of nitrogens with zero attached hydrogens (tertiary/aromatic N) is 1. The molecule has 2 aromatic rings. The van der Waals surface area contributed by atoms with E-state index in [-0.39, 0.29) is 0 Å². The largest absolute Gasteiger partial charge is 0.456 e. The molecule has 0 bridgehead atoms. The van der Waals surface area contributed by atoms with Gasteiger partial charge >= 0.3 is 0 Å². The summed E-state index contributed by atoms with van der Waals surface area (Å²) < 4.78 is 5.81. The Hall–Kier alpha value is -2.03. The van der Waals surface area contributed by atoms with E-state index in [1.165, 1.54) is 5.56 Å². The van der Waals surface area contributed by atoms with Crippen molar-refractivity contribution in [3.8, 4) is 11.5 Å². The number of nitrogens with one attached hydrogen (secondary N) is 1. The number of aryl methyl sites for hydroxylation is 1. The summed E-state index contributed by atoms with van der Waals surface area (Å²) in [7, 11) is 0. The lowest BCUT2D eigenvalue weighted by Gasteiger charge is -2.08. The Morgan fingerprint density at radius 2 is 2.00 bits per heavy atom. The standard InChI is InChI=1S/C15H18N2O/c1-3-12-6-5-7-14(8-12)18-15-9-13(17-4-2)10-16-11-15/h5-11,17H,3-4H2,1-2H3. The average molecular weight is 242 g/mol. The molecular weight excluding hydrogens is 224 g/mol. The minimum atomic E-state index is 0.752. The zero-order valence-corrected chi connectivity index (χ0v) is 10.8. The van der Waals surface area contributed by atoms with Gasteiger partial charge in [-0.1, -0.05) is 19.1 Å². The van der Waals surface area contributed by atoms with Crippen molar-refractivity contribution < 1.29 is 4.74 Å². The Balaban J connectivity index is 2.14. The van der Waals surface area contributed by atoms with Crippen LogP contribution in [0.2, 0.25) is 0 Å². The fourth-order valence-electron chi connectivity index (χ4n) is 1.74. The minimum absolute atomic E-state index is 0.752. The molecule has 0 aliphatic rings. The van der Waals surface area contributed by atoms with Crippen LogP contribution in [0, 0.1) is 0 Å². The first-order valence-electron chi connectivity index (χ1n) is 6.27. The third-order valence-electron chi connectivity index (χ3n) is 2.64. The fraction of sp³-hybridized carbons (Fsp3) is 0.267. The van der Waals surface area contributed by atoms with E-state index in [1.807, 2.05) is 18.2 Å². The molecule has 0 radical (unpaired) electrons. The molecule has 0 unspecified atom stereocenters. The molecule has 3 heteroatoms. The molecular formula is C15H18N2O. The second kappa shape index (κ2) is 6.05. The molecule has 1 N–H and O–H groups in total. The van der Waals surface area contributed by atoms with E-state index in [0.717, 1.165) is 30.2 Å². The van der Waals surface area contributed by atoms with E-state index in [9.17, 15) is 0 Å². The van der Waals surface area contributed by atoms with Gasteiger partial charge in [-0.2, -0.15) is 0 Å². The van der Waals surface area contributed by atoms with Crippen molar-refractivity contribution in [1.29, 1.82) is 0 Å². The maximum Gasteiger partial charge on any atom is 0.147 e. The molecule has 0 atom stereocenters. The molecule has 3 nitrogen and oxygen atoms in total. The number of benzene rings is 1. The van der Waals surface area contributed by atoms with Crippen LogP contribution in [0.4, 0.5) is 5.69 Å². The number of hydrogen-bond donors (Lipinski definition) is 1. The molecule has 2 rings (SSSR count). The van der Waals surface area contributed by atoms with E-state index in [4.69, 9.17) is 4.74 Å². The fourth-order valence-corrected chi connectivity index (χ4v) is 1.74. The summed E-state index contributed by atoms with van der Waals surface area (Å²) in [5.41, 5.74) is 2.24. The highest BCUT2D eigenvalue weighted by Gasteiger charge is 2.00. The van der Waals surface area contributed by atoms with Crippen molar-refractivity contribution in [2.24, 2.45) is 0 Å². The molecule has 94 valence electrons. The molecule has 0 saturated carbocycles. The van der Waals surface area contributed by atoms with Gasteiger partial charge in [0.05, 0.1) is 18.1 Å². The lowest BCUT2D eigenvalue weighted by atomic mass is 10.2. The molecule has 1 heterocycles. The molecule has 1 aromatic carbocycles. The van der Waals surface area contributed by atoms with Crippen LogP contribution in [-0.2, 0) is 6.42 Å². The molecule has 0 aliphatic carbocycles. The highest BCUT2D eigenvalue weighted by molar-refractivity contribution is 5.46. The van der Waals surface area contributed by atoms with Crippen molar-refractivity contribution >= 4 is 5.69 Å². The molecule has 0 saturated heterocycles. The Kier molecular flexibility index (Phi) is 4.18. The number of ether oxygens (including phenoxy) is 1. The first-order chi connectivity index (χ1) is 8.81. The number of rotatable bonds is 5. The van der Waals surface area contributed by atoms with Gasteiger partial charge < -0.3 is 10.1 Å². The summed E-state index contributed by atoms with van der Waals surface area (Å²) in [6.07, 6.45) is 4.52. The van der Waals surface area contributed by atoms with Gasteiger partial charge in [0.25, 0.3) is 0 Å². The van der Waals surface area contributed by atoms with Crippen LogP contribution in [0.1, 0.15) is 19.4 Å². The molecule has 0 aliphatic heterocycles. The summed E-state index contributed by atoms with van der Waals surface area (Å²) in [6, 6.07) is 10.1. The molecule has 18 heavy (non-hydrogen) atoms.